The number of nitrogens with two attached hydrogens (primary N) is 1. The highest BCUT2D eigenvalue weighted by Gasteiger charge is 2.35. The van der Waals surface area contributed by atoms with E-state index in [1.165, 1.54) is 18.7 Å². The summed E-state index contributed by atoms with van der Waals surface area (Å²) >= 11 is 7.25. The summed E-state index contributed by atoms with van der Waals surface area (Å²) < 4.78 is 27.8. The van der Waals surface area contributed by atoms with Crippen LogP contribution in [-0.4, -0.2) is 66.9 Å². The van der Waals surface area contributed by atoms with Gasteiger partial charge in [-0.15, -0.1) is 11.6 Å². The van der Waals surface area contributed by atoms with Gasteiger partial charge in [-0.1, -0.05) is 0 Å². The van der Waals surface area contributed by atoms with Gasteiger partial charge in [0.2, 0.25) is 5.91 Å². The second-order valence-electron chi connectivity index (χ2n) is 5.48. The molecule has 0 aromatic carbocycles. The largest absolute Gasteiger partial charge is 0.436 e. The van der Waals surface area contributed by atoms with Crippen LogP contribution in [0.4, 0.5) is 4.79 Å². The Morgan fingerprint density at radius 1 is 1.14 bits per heavy atom. The van der Waals surface area contributed by atoms with Crippen molar-refractivity contribution in [2.24, 2.45) is 5.73 Å². The summed E-state index contributed by atoms with van der Waals surface area (Å²) in [6.07, 6.45) is -0.215. The number of carbonyl (C=O) groups excluding carboxylic acids is 3. The number of ether oxygens (including phenoxy) is 1. The van der Waals surface area contributed by atoms with Gasteiger partial charge in [-0.3, -0.25) is 14.2 Å². The maximum absolute atomic E-state index is 12.7. The van der Waals surface area contributed by atoms with Crippen molar-refractivity contribution in [3.63, 3.8) is 0 Å². The molecule has 0 aliphatic heterocycles. The SMILES string of the molecule is CCOP(=O)(OCC)C(C)NC(=O)[C@H](CCl)NC(=O)[C@H](CCSC)OC(N)=O. The van der Waals surface area contributed by atoms with E-state index in [1.54, 1.807) is 13.8 Å². The summed E-state index contributed by atoms with van der Waals surface area (Å²) in [5.74, 6) is -2.08. The third-order valence-electron chi connectivity index (χ3n) is 3.37. The summed E-state index contributed by atoms with van der Waals surface area (Å²) in [7, 11) is -3.58. The number of amides is 3. The maximum Gasteiger partial charge on any atom is 0.405 e. The van der Waals surface area contributed by atoms with E-state index >= 15 is 0 Å². The molecular weight excluding hydrogens is 433 g/mol. The van der Waals surface area contributed by atoms with Crippen molar-refractivity contribution in [3.05, 3.63) is 0 Å². The Bertz CT molecular complexity index is 560. The summed E-state index contributed by atoms with van der Waals surface area (Å²) in [6, 6.07) is -1.15. The Morgan fingerprint density at radius 2 is 1.71 bits per heavy atom. The van der Waals surface area contributed by atoms with Gasteiger partial charge in [-0.25, -0.2) is 4.79 Å². The molecule has 0 bridgehead atoms. The Labute approximate surface area is 174 Å². The van der Waals surface area contributed by atoms with E-state index in [-0.39, 0.29) is 25.5 Å². The Balaban J connectivity index is 5.07. The third-order valence-corrected chi connectivity index (χ3v) is 6.63. The lowest BCUT2D eigenvalue weighted by Crippen LogP contribution is -2.53. The number of thioether (sulfide) groups is 1. The van der Waals surface area contributed by atoms with E-state index < -0.39 is 43.4 Å². The van der Waals surface area contributed by atoms with Crippen LogP contribution in [0.15, 0.2) is 0 Å². The highest BCUT2D eigenvalue weighted by molar-refractivity contribution is 7.98. The smallest absolute Gasteiger partial charge is 0.405 e. The highest BCUT2D eigenvalue weighted by atomic mass is 35.5. The zero-order valence-electron chi connectivity index (χ0n) is 16.4. The molecule has 0 radical (unpaired) electrons. The van der Waals surface area contributed by atoms with Gasteiger partial charge in [0.05, 0.1) is 19.1 Å². The average Bonchev–Trinajstić information content (AvgIpc) is 2.62. The molecule has 4 N–H and O–H groups in total. The molecule has 0 aliphatic rings. The zero-order valence-corrected chi connectivity index (χ0v) is 18.9. The molecular formula is C15H29ClN3O7PS. The molecule has 10 nitrogen and oxygen atoms in total. The minimum atomic E-state index is -3.58. The van der Waals surface area contributed by atoms with Gasteiger partial charge in [0.15, 0.2) is 6.10 Å². The fourth-order valence-corrected chi connectivity index (χ4v) is 4.25. The minimum absolute atomic E-state index is 0.134. The van der Waals surface area contributed by atoms with Crippen molar-refractivity contribution in [1.82, 2.24) is 10.6 Å². The molecule has 0 saturated carbocycles. The summed E-state index contributed by atoms with van der Waals surface area (Å²) in [5.41, 5.74) is 4.98. The molecule has 0 aromatic rings. The van der Waals surface area contributed by atoms with E-state index in [0.29, 0.717) is 5.75 Å². The monoisotopic (exact) mass is 461 g/mol. The zero-order chi connectivity index (χ0) is 21.7. The van der Waals surface area contributed by atoms with E-state index in [0.717, 1.165) is 0 Å². The fraction of sp³-hybridized carbons (Fsp3) is 0.800. The molecule has 28 heavy (non-hydrogen) atoms. The van der Waals surface area contributed by atoms with Crippen molar-refractivity contribution in [3.8, 4) is 0 Å². The fourth-order valence-electron chi connectivity index (χ4n) is 2.05. The van der Waals surface area contributed by atoms with E-state index in [9.17, 15) is 18.9 Å². The van der Waals surface area contributed by atoms with Gasteiger partial charge in [0.25, 0.3) is 5.91 Å². The second-order valence-corrected chi connectivity index (χ2v) is 9.15. The predicted molar refractivity (Wildman–Crippen MR) is 109 cm³/mol. The summed E-state index contributed by atoms with van der Waals surface area (Å²) in [5, 5.41) is 4.89. The summed E-state index contributed by atoms with van der Waals surface area (Å²) in [4.78, 5) is 35.8. The van der Waals surface area contributed by atoms with Crippen LogP contribution in [0.25, 0.3) is 0 Å². The molecule has 0 heterocycles. The molecule has 164 valence electrons. The lowest BCUT2D eigenvalue weighted by molar-refractivity contribution is -0.133. The lowest BCUT2D eigenvalue weighted by Gasteiger charge is -2.26. The van der Waals surface area contributed by atoms with E-state index in [1.807, 2.05) is 6.26 Å². The average molecular weight is 462 g/mol. The molecule has 13 heteroatoms. The van der Waals surface area contributed by atoms with Crippen LogP contribution in [0.1, 0.15) is 27.2 Å². The van der Waals surface area contributed by atoms with Gasteiger partial charge in [0.1, 0.15) is 11.8 Å². The summed E-state index contributed by atoms with van der Waals surface area (Å²) in [6.45, 7) is 5.03. The molecule has 0 saturated heterocycles. The van der Waals surface area contributed by atoms with Gasteiger partial charge in [-0.05, 0) is 32.8 Å². The highest BCUT2D eigenvalue weighted by Crippen LogP contribution is 2.51. The number of nitrogens with one attached hydrogen (secondary N) is 2. The Hall–Kier alpha value is -1.00. The number of primary amides is 1. The standard InChI is InChI=1S/C15H29ClN3O7PS/c1-5-24-27(23,25-6-2)10(3)18-13(20)11(9-16)19-14(21)12(7-8-28-4)26-15(17)22/h10-12H,5-9H2,1-4H3,(H2,17,22)(H,18,20)(H,19,21)/t10?,11-,12-/m0/s1. The molecule has 0 spiro atoms. The molecule has 0 aromatic heterocycles. The van der Waals surface area contributed by atoms with Crippen molar-refractivity contribution in [1.29, 1.82) is 0 Å². The van der Waals surface area contributed by atoms with Crippen LogP contribution < -0.4 is 16.4 Å². The number of hydrogen-bond donors (Lipinski definition) is 3. The van der Waals surface area contributed by atoms with Crippen molar-refractivity contribution >= 4 is 48.9 Å². The topological polar surface area (TPSA) is 146 Å². The van der Waals surface area contributed by atoms with Gasteiger partial charge < -0.3 is 30.2 Å². The number of alkyl halides is 1. The Morgan fingerprint density at radius 3 is 2.14 bits per heavy atom. The lowest BCUT2D eigenvalue weighted by atomic mass is 10.2. The minimum Gasteiger partial charge on any atom is -0.436 e. The van der Waals surface area contributed by atoms with Crippen LogP contribution in [0.2, 0.25) is 0 Å². The van der Waals surface area contributed by atoms with E-state index in [4.69, 9.17) is 31.1 Å². The Kier molecular flexibility index (Phi) is 13.6. The van der Waals surface area contributed by atoms with Crippen molar-refractivity contribution in [2.45, 2.75) is 45.1 Å². The van der Waals surface area contributed by atoms with Crippen LogP contribution in [0, 0.1) is 0 Å². The molecule has 3 amide bonds. The number of halogens is 1. The molecule has 0 rings (SSSR count). The van der Waals surface area contributed by atoms with Gasteiger partial charge in [0, 0.05) is 6.42 Å². The second kappa shape index (κ2) is 14.1. The molecule has 0 fully saturated rings. The first-order valence-electron chi connectivity index (χ1n) is 8.65. The molecule has 3 atom stereocenters. The van der Waals surface area contributed by atoms with Gasteiger partial charge in [-0.2, -0.15) is 11.8 Å². The number of hydrogen-bond acceptors (Lipinski definition) is 8. The molecule has 1 unspecified atom stereocenters. The van der Waals surface area contributed by atoms with Crippen molar-refractivity contribution in [2.75, 3.05) is 31.1 Å². The first-order chi connectivity index (χ1) is 13.1. The predicted octanol–water partition coefficient (Wildman–Crippen LogP) is 1.66. The first-order valence-corrected chi connectivity index (χ1v) is 12.2. The first kappa shape index (κ1) is 27.0. The van der Waals surface area contributed by atoms with Crippen LogP contribution >= 0.6 is 31.0 Å². The maximum atomic E-state index is 12.7. The van der Waals surface area contributed by atoms with Crippen LogP contribution in [0.3, 0.4) is 0 Å². The van der Waals surface area contributed by atoms with Gasteiger partial charge >= 0.3 is 13.7 Å². The van der Waals surface area contributed by atoms with Crippen LogP contribution in [0.5, 0.6) is 0 Å². The van der Waals surface area contributed by atoms with Crippen molar-refractivity contribution < 1.29 is 32.7 Å². The molecule has 0 aliphatic carbocycles. The normalized spacial score (nSPS) is 14.6. The van der Waals surface area contributed by atoms with Crippen LogP contribution in [-0.2, 0) is 27.9 Å². The quantitative estimate of drug-likeness (QED) is 0.261. The number of rotatable bonds is 14. The number of carbonyl (C=O) groups is 3. The third kappa shape index (κ3) is 9.47. The van der Waals surface area contributed by atoms with E-state index in [2.05, 4.69) is 10.6 Å².